The van der Waals surface area contributed by atoms with Crippen LogP contribution in [-0.2, 0) is 0 Å². The first-order chi connectivity index (χ1) is 10.3. The van der Waals surface area contributed by atoms with Crippen LogP contribution in [0, 0.1) is 0 Å². The van der Waals surface area contributed by atoms with Crippen molar-refractivity contribution in [2.24, 2.45) is 0 Å². The maximum atomic E-state index is 14.1. The summed E-state index contributed by atoms with van der Waals surface area (Å²) in [5.74, 6) is -2.32. The van der Waals surface area contributed by atoms with Crippen LogP contribution in [0.4, 0.5) is 8.78 Å². The Hall–Kier alpha value is -2.52. The molecule has 0 amide bonds. The molecule has 0 rings (SSSR count). The Bertz CT molecular complexity index is 613. The van der Waals surface area contributed by atoms with Crippen molar-refractivity contribution in [3.05, 3.63) is 109 Å². The summed E-state index contributed by atoms with van der Waals surface area (Å²) in [6, 6.07) is 0. The maximum Gasteiger partial charge on any atom is 0.166 e. The third-order valence-electron chi connectivity index (χ3n) is 2.65. The average molecular weight is 302 g/mol. The lowest BCUT2D eigenvalue weighted by atomic mass is 10.0. The number of aliphatic hydroxyl groups is 1. The summed E-state index contributed by atoms with van der Waals surface area (Å²) in [6.07, 6.45) is 7.32. The van der Waals surface area contributed by atoms with E-state index in [1.165, 1.54) is 30.4 Å². The Morgan fingerprint density at radius 2 is 1.27 bits per heavy atom. The van der Waals surface area contributed by atoms with Gasteiger partial charge in [0.05, 0.1) is 6.61 Å². The zero-order valence-electron chi connectivity index (χ0n) is 12.5. The molecular formula is C19H20F2O. The Labute approximate surface area is 130 Å². The fraction of sp³-hybridized carbons (Fsp3) is 0.0526. The molecule has 22 heavy (non-hydrogen) atoms. The van der Waals surface area contributed by atoms with Gasteiger partial charge in [0.1, 0.15) is 0 Å². The molecule has 0 saturated carbocycles. The molecule has 0 radical (unpaired) electrons. The minimum absolute atomic E-state index is 0.155. The van der Waals surface area contributed by atoms with Crippen LogP contribution in [-0.4, -0.2) is 11.7 Å². The third-order valence-corrected chi connectivity index (χ3v) is 2.65. The smallest absolute Gasteiger partial charge is 0.166 e. The molecule has 0 aromatic heterocycles. The van der Waals surface area contributed by atoms with Crippen molar-refractivity contribution in [3.8, 4) is 0 Å². The van der Waals surface area contributed by atoms with E-state index in [0.717, 1.165) is 0 Å². The number of aliphatic hydroxyl groups excluding tert-OH is 1. The molecule has 0 unspecified atom stereocenters. The van der Waals surface area contributed by atoms with Gasteiger partial charge in [0.2, 0.25) is 0 Å². The van der Waals surface area contributed by atoms with Gasteiger partial charge in [-0.3, -0.25) is 0 Å². The first-order valence-electron chi connectivity index (χ1n) is 6.34. The molecule has 0 aliphatic rings. The van der Waals surface area contributed by atoms with Crippen LogP contribution >= 0.6 is 0 Å². The molecule has 0 aliphatic carbocycles. The van der Waals surface area contributed by atoms with E-state index < -0.39 is 11.7 Å². The zero-order valence-corrected chi connectivity index (χ0v) is 12.5. The summed E-state index contributed by atoms with van der Waals surface area (Å²) >= 11 is 0. The van der Waals surface area contributed by atoms with Crippen molar-refractivity contribution >= 4 is 0 Å². The minimum atomic E-state index is -1.16. The van der Waals surface area contributed by atoms with Gasteiger partial charge in [-0.05, 0) is 16.7 Å². The molecule has 0 heterocycles. The molecule has 1 nitrogen and oxygen atoms in total. The fourth-order valence-electron chi connectivity index (χ4n) is 1.20. The van der Waals surface area contributed by atoms with Gasteiger partial charge in [-0.15, -0.1) is 0 Å². The topological polar surface area (TPSA) is 20.2 Å². The van der Waals surface area contributed by atoms with Crippen LogP contribution in [0.2, 0.25) is 0 Å². The Balaban J connectivity index is 5.23. The van der Waals surface area contributed by atoms with Gasteiger partial charge >= 0.3 is 0 Å². The van der Waals surface area contributed by atoms with Crippen molar-refractivity contribution in [2.45, 2.75) is 0 Å². The lowest BCUT2D eigenvalue weighted by Crippen LogP contribution is -1.93. The highest BCUT2D eigenvalue weighted by Gasteiger charge is 2.15. The van der Waals surface area contributed by atoms with E-state index >= 15 is 0 Å². The van der Waals surface area contributed by atoms with Gasteiger partial charge in [0.25, 0.3) is 0 Å². The largest absolute Gasteiger partial charge is 0.392 e. The SMILES string of the molecule is C=C/C=C\C(=C)C(=C)/C(F)=C(/F)C(=C)C(=C)/C=C\C(=C)CO. The highest BCUT2D eigenvalue weighted by molar-refractivity contribution is 5.54. The maximum absolute atomic E-state index is 14.1. The highest BCUT2D eigenvalue weighted by atomic mass is 19.2. The molecule has 0 aliphatic heterocycles. The third kappa shape index (κ3) is 5.85. The molecule has 0 spiro atoms. The fourth-order valence-corrected chi connectivity index (χ4v) is 1.20. The molecule has 0 saturated heterocycles. The second kappa shape index (κ2) is 9.42. The molecule has 0 aromatic rings. The summed E-state index contributed by atoms with van der Waals surface area (Å²) in [4.78, 5) is 0. The van der Waals surface area contributed by atoms with Crippen molar-refractivity contribution in [1.82, 2.24) is 0 Å². The van der Waals surface area contributed by atoms with E-state index in [4.69, 9.17) is 5.11 Å². The van der Waals surface area contributed by atoms with Gasteiger partial charge in [0.15, 0.2) is 11.7 Å². The first kappa shape index (κ1) is 19.5. The van der Waals surface area contributed by atoms with E-state index in [2.05, 4.69) is 39.5 Å². The number of rotatable bonds is 9. The second-order valence-electron chi connectivity index (χ2n) is 4.38. The molecule has 0 aromatic carbocycles. The van der Waals surface area contributed by atoms with Crippen LogP contribution in [0.25, 0.3) is 0 Å². The summed E-state index contributed by atoms with van der Waals surface area (Å²) in [7, 11) is 0. The molecule has 3 heteroatoms. The quantitative estimate of drug-likeness (QED) is 0.580. The summed E-state index contributed by atoms with van der Waals surface area (Å²) in [5.41, 5.74) is 0.373. The van der Waals surface area contributed by atoms with Gasteiger partial charge in [-0.1, -0.05) is 69.9 Å². The van der Waals surface area contributed by atoms with Crippen molar-refractivity contribution in [2.75, 3.05) is 6.61 Å². The summed E-state index contributed by atoms with van der Waals surface area (Å²) in [5, 5.41) is 8.81. The predicted molar refractivity (Wildman–Crippen MR) is 90.5 cm³/mol. The molecular weight excluding hydrogens is 282 g/mol. The van der Waals surface area contributed by atoms with Crippen LogP contribution in [0.15, 0.2) is 109 Å². The van der Waals surface area contributed by atoms with E-state index in [1.54, 1.807) is 0 Å². The Kier molecular flexibility index (Phi) is 8.34. The number of halogens is 2. The van der Waals surface area contributed by atoms with Crippen LogP contribution in [0.3, 0.4) is 0 Å². The second-order valence-corrected chi connectivity index (χ2v) is 4.38. The van der Waals surface area contributed by atoms with Crippen molar-refractivity contribution in [3.63, 3.8) is 0 Å². The minimum Gasteiger partial charge on any atom is -0.392 e. The predicted octanol–water partition coefficient (Wildman–Crippen LogP) is 5.21. The van der Waals surface area contributed by atoms with Gasteiger partial charge in [-0.25, -0.2) is 8.78 Å². The van der Waals surface area contributed by atoms with Gasteiger partial charge < -0.3 is 5.11 Å². The lowest BCUT2D eigenvalue weighted by molar-refractivity contribution is 0.335. The highest BCUT2D eigenvalue weighted by Crippen LogP contribution is 2.29. The zero-order chi connectivity index (χ0) is 17.3. The lowest BCUT2D eigenvalue weighted by Gasteiger charge is -2.08. The molecule has 0 atom stereocenters. The van der Waals surface area contributed by atoms with Crippen molar-refractivity contribution in [1.29, 1.82) is 0 Å². The van der Waals surface area contributed by atoms with Crippen LogP contribution in [0.5, 0.6) is 0 Å². The average Bonchev–Trinajstić information content (AvgIpc) is 2.53. The summed E-state index contributed by atoms with van der Waals surface area (Å²) in [6.45, 7) is 20.9. The number of hydrogen-bond donors (Lipinski definition) is 1. The van der Waals surface area contributed by atoms with Gasteiger partial charge in [0, 0.05) is 11.1 Å². The van der Waals surface area contributed by atoms with Gasteiger partial charge in [-0.2, -0.15) is 0 Å². The number of hydrogen-bond acceptors (Lipinski definition) is 1. The van der Waals surface area contributed by atoms with Crippen LogP contribution < -0.4 is 0 Å². The first-order valence-corrected chi connectivity index (χ1v) is 6.34. The molecule has 0 fully saturated rings. The van der Waals surface area contributed by atoms with E-state index in [9.17, 15) is 8.78 Å². The number of allylic oxidation sites excluding steroid dienone is 10. The van der Waals surface area contributed by atoms with E-state index in [1.807, 2.05) is 0 Å². The van der Waals surface area contributed by atoms with E-state index in [0.29, 0.717) is 5.57 Å². The standard InChI is InChI=1S/C19H20F2O/c1-7-8-9-14(3)16(5)18(20)19(21)17(6)15(4)11-10-13(2)12-22/h7-11,22H,1-6,12H2/b9-8-,11-10-,19-18-. The van der Waals surface area contributed by atoms with E-state index in [-0.39, 0.29) is 28.9 Å². The monoisotopic (exact) mass is 302 g/mol. The molecule has 0 bridgehead atoms. The van der Waals surface area contributed by atoms with Crippen molar-refractivity contribution < 1.29 is 13.9 Å². The Morgan fingerprint density at radius 1 is 0.818 bits per heavy atom. The normalized spacial score (nSPS) is 12.1. The Morgan fingerprint density at radius 3 is 1.68 bits per heavy atom. The molecule has 116 valence electrons. The van der Waals surface area contributed by atoms with Crippen LogP contribution in [0.1, 0.15) is 0 Å². The summed E-state index contributed by atoms with van der Waals surface area (Å²) < 4.78 is 28.1. The molecule has 1 N–H and O–H groups in total.